The Bertz CT molecular complexity index is 1000. The van der Waals surface area contributed by atoms with E-state index in [1.54, 1.807) is 23.7 Å². The summed E-state index contributed by atoms with van der Waals surface area (Å²) in [4.78, 5) is 12.5. The van der Waals surface area contributed by atoms with Crippen LogP contribution >= 0.6 is 11.6 Å². The first-order valence-corrected chi connectivity index (χ1v) is 8.89. The molecule has 1 aliphatic heterocycles. The number of nitrogens with zero attached hydrogens (tertiary/aromatic N) is 2. The fraction of sp³-hybridized carbons (Fsp3) is 0.200. The zero-order chi connectivity index (χ0) is 19.0. The van der Waals surface area contributed by atoms with Crippen molar-refractivity contribution in [1.82, 2.24) is 9.78 Å². The number of rotatable bonds is 3. The van der Waals surface area contributed by atoms with Crippen LogP contribution in [0.1, 0.15) is 33.4 Å². The molecule has 0 saturated carbocycles. The molecule has 138 valence electrons. The second kappa shape index (κ2) is 7.13. The Balaban J connectivity index is 1.50. The van der Waals surface area contributed by atoms with E-state index in [2.05, 4.69) is 10.4 Å². The van der Waals surface area contributed by atoms with Crippen LogP contribution in [0.15, 0.2) is 48.5 Å². The van der Waals surface area contributed by atoms with Gasteiger partial charge in [-0.3, -0.25) is 9.48 Å². The van der Waals surface area contributed by atoms with Gasteiger partial charge in [0, 0.05) is 10.7 Å². The van der Waals surface area contributed by atoms with E-state index in [-0.39, 0.29) is 17.8 Å². The van der Waals surface area contributed by atoms with Crippen LogP contribution in [-0.2, 0) is 17.9 Å². The standard InChI is InChI=1S/C20H17ClFN3O2/c1-12-8-15(6-7-17(12)22)23-20(26)18-9-16-11-27-19(10-25(16)24-18)13-2-4-14(21)5-3-13/h2-9,19H,10-11H2,1H3,(H,23,26)/t19-/m1/s1. The minimum Gasteiger partial charge on any atom is -0.365 e. The molecule has 5 nitrogen and oxygen atoms in total. The lowest BCUT2D eigenvalue weighted by Gasteiger charge is -2.24. The van der Waals surface area contributed by atoms with Crippen molar-refractivity contribution in [2.45, 2.75) is 26.2 Å². The Labute approximate surface area is 160 Å². The molecule has 1 amide bonds. The highest BCUT2D eigenvalue weighted by Gasteiger charge is 2.24. The van der Waals surface area contributed by atoms with Crippen LogP contribution in [-0.4, -0.2) is 15.7 Å². The molecule has 4 rings (SSSR count). The Morgan fingerprint density at radius 2 is 2.04 bits per heavy atom. The number of halogens is 2. The Morgan fingerprint density at radius 1 is 1.26 bits per heavy atom. The van der Waals surface area contributed by atoms with Crippen molar-refractivity contribution in [1.29, 1.82) is 0 Å². The first kappa shape index (κ1) is 17.7. The molecular formula is C20H17ClFN3O2. The highest BCUT2D eigenvalue weighted by atomic mass is 35.5. The van der Waals surface area contributed by atoms with Gasteiger partial charge in [0.15, 0.2) is 5.69 Å². The minimum atomic E-state index is -0.342. The molecule has 0 unspecified atom stereocenters. The number of aromatic nitrogens is 2. The van der Waals surface area contributed by atoms with E-state index in [0.717, 1.165) is 11.3 Å². The van der Waals surface area contributed by atoms with Crippen molar-refractivity contribution < 1.29 is 13.9 Å². The van der Waals surface area contributed by atoms with Gasteiger partial charge in [0.1, 0.15) is 11.9 Å². The van der Waals surface area contributed by atoms with Crippen LogP contribution in [0.5, 0.6) is 0 Å². The summed E-state index contributed by atoms with van der Waals surface area (Å²) in [6.45, 7) is 2.53. The van der Waals surface area contributed by atoms with E-state index in [9.17, 15) is 9.18 Å². The maximum Gasteiger partial charge on any atom is 0.276 e. The van der Waals surface area contributed by atoms with E-state index >= 15 is 0 Å². The lowest BCUT2D eigenvalue weighted by Crippen LogP contribution is -2.22. The first-order chi connectivity index (χ1) is 13.0. The van der Waals surface area contributed by atoms with Gasteiger partial charge in [-0.05, 0) is 54.4 Å². The summed E-state index contributed by atoms with van der Waals surface area (Å²) < 4.78 is 21.0. The van der Waals surface area contributed by atoms with Crippen LogP contribution in [0.2, 0.25) is 5.02 Å². The minimum absolute atomic E-state index is 0.148. The average Bonchev–Trinajstić information content (AvgIpc) is 3.09. The third kappa shape index (κ3) is 3.72. The van der Waals surface area contributed by atoms with Crippen LogP contribution in [0, 0.1) is 12.7 Å². The summed E-state index contributed by atoms with van der Waals surface area (Å²) in [6.07, 6.45) is -0.148. The second-order valence-corrected chi connectivity index (χ2v) is 6.91. The van der Waals surface area contributed by atoms with Gasteiger partial charge in [-0.2, -0.15) is 5.10 Å². The zero-order valence-electron chi connectivity index (χ0n) is 14.6. The zero-order valence-corrected chi connectivity index (χ0v) is 15.3. The molecule has 0 bridgehead atoms. The van der Waals surface area contributed by atoms with Crippen LogP contribution in [0.3, 0.4) is 0 Å². The SMILES string of the molecule is Cc1cc(NC(=O)c2cc3n(n2)C[C@H](c2ccc(Cl)cc2)OC3)ccc1F. The van der Waals surface area contributed by atoms with Crippen molar-refractivity contribution >= 4 is 23.2 Å². The third-order valence-electron chi connectivity index (χ3n) is 4.52. The third-order valence-corrected chi connectivity index (χ3v) is 4.78. The molecule has 0 spiro atoms. The molecule has 0 fully saturated rings. The van der Waals surface area contributed by atoms with Gasteiger partial charge in [0.25, 0.3) is 5.91 Å². The largest absolute Gasteiger partial charge is 0.365 e. The van der Waals surface area contributed by atoms with E-state index in [1.807, 2.05) is 24.3 Å². The van der Waals surface area contributed by atoms with Crippen molar-refractivity contribution in [3.63, 3.8) is 0 Å². The number of nitrogens with one attached hydrogen (secondary N) is 1. The quantitative estimate of drug-likeness (QED) is 0.721. The highest BCUT2D eigenvalue weighted by molar-refractivity contribution is 6.30. The summed E-state index contributed by atoms with van der Waals surface area (Å²) in [5.41, 5.74) is 3.14. The van der Waals surface area contributed by atoms with E-state index in [1.165, 1.54) is 12.1 Å². The fourth-order valence-corrected chi connectivity index (χ4v) is 3.16. The number of hydrogen-bond acceptors (Lipinski definition) is 3. The smallest absolute Gasteiger partial charge is 0.276 e. The number of aryl methyl sites for hydroxylation is 1. The lowest BCUT2D eigenvalue weighted by atomic mass is 10.1. The molecule has 2 heterocycles. The summed E-state index contributed by atoms with van der Waals surface area (Å²) in [6, 6.07) is 13.6. The number of amides is 1. The Kier molecular flexibility index (Phi) is 4.68. The van der Waals surface area contributed by atoms with Gasteiger partial charge in [0.2, 0.25) is 0 Å². The number of fused-ring (bicyclic) bond motifs is 1. The predicted molar refractivity (Wildman–Crippen MR) is 100 cm³/mol. The highest BCUT2D eigenvalue weighted by Crippen LogP contribution is 2.27. The van der Waals surface area contributed by atoms with Gasteiger partial charge in [-0.25, -0.2) is 4.39 Å². The maximum absolute atomic E-state index is 13.4. The monoisotopic (exact) mass is 385 g/mol. The average molecular weight is 386 g/mol. The molecular weight excluding hydrogens is 369 g/mol. The first-order valence-electron chi connectivity index (χ1n) is 8.51. The number of benzene rings is 2. The predicted octanol–water partition coefficient (Wildman–Crippen LogP) is 4.51. The number of anilines is 1. The van der Waals surface area contributed by atoms with Crippen LogP contribution < -0.4 is 5.32 Å². The Morgan fingerprint density at radius 3 is 2.78 bits per heavy atom. The van der Waals surface area contributed by atoms with Gasteiger partial charge in [-0.1, -0.05) is 23.7 Å². The molecule has 0 aliphatic carbocycles. The molecule has 27 heavy (non-hydrogen) atoms. The maximum atomic E-state index is 13.4. The fourth-order valence-electron chi connectivity index (χ4n) is 3.03. The Hall–Kier alpha value is -2.70. The molecule has 1 aromatic heterocycles. The summed E-state index contributed by atoms with van der Waals surface area (Å²) in [7, 11) is 0. The van der Waals surface area contributed by atoms with Crippen molar-refractivity contribution in [2.75, 3.05) is 5.32 Å². The van der Waals surface area contributed by atoms with Crippen LogP contribution in [0.4, 0.5) is 10.1 Å². The topological polar surface area (TPSA) is 56.2 Å². The van der Waals surface area contributed by atoms with Crippen molar-refractivity contribution in [3.8, 4) is 0 Å². The van der Waals surface area contributed by atoms with E-state index < -0.39 is 0 Å². The lowest BCUT2D eigenvalue weighted by molar-refractivity contribution is -0.00118. The molecule has 1 atom stereocenters. The number of ether oxygens (including phenoxy) is 1. The molecule has 1 aliphatic rings. The van der Waals surface area contributed by atoms with E-state index in [4.69, 9.17) is 16.3 Å². The summed E-state index contributed by atoms with van der Waals surface area (Å²) in [5, 5.41) is 7.82. The normalized spacial score (nSPS) is 16.0. The molecule has 3 aromatic rings. The van der Waals surface area contributed by atoms with Crippen LogP contribution in [0.25, 0.3) is 0 Å². The molecule has 7 heteroatoms. The number of carbonyl (C=O) groups excluding carboxylic acids is 1. The summed E-state index contributed by atoms with van der Waals surface area (Å²) in [5.74, 6) is -0.651. The van der Waals surface area contributed by atoms with Gasteiger partial charge >= 0.3 is 0 Å². The number of hydrogen-bond donors (Lipinski definition) is 1. The second-order valence-electron chi connectivity index (χ2n) is 6.47. The molecule has 0 saturated heterocycles. The molecule has 0 radical (unpaired) electrons. The van der Waals surface area contributed by atoms with Gasteiger partial charge in [0.05, 0.1) is 18.8 Å². The van der Waals surface area contributed by atoms with Gasteiger partial charge < -0.3 is 10.1 Å². The van der Waals surface area contributed by atoms with E-state index in [0.29, 0.717) is 35.1 Å². The number of carbonyl (C=O) groups is 1. The molecule has 1 N–H and O–H groups in total. The van der Waals surface area contributed by atoms with Crippen molar-refractivity contribution in [3.05, 3.63) is 81.9 Å². The van der Waals surface area contributed by atoms with Gasteiger partial charge in [-0.15, -0.1) is 0 Å². The summed E-state index contributed by atoms with van der Waals surface area (Å²) >= 11 is 5.93. The van der Waals surface area contributed by atoms with Crippen molar-refractivity contribution in [2.24, 2.45) is 0 Å². The molecule has 2 aromatic carbocycles.